The third-order valence-electron chi connectivity index (χ3n) is 2.94. The first-order chi connectivity index (χ1) is 8.81. The quantitative estimate of drug-likeness (QED) is 0.665. The summed E-state index contributed by atoms with van der Waals surface area (Å²) in [6.45, 7) is -0.432. The fourth-order valence-electron chi connectivity index (χ4n) is 1.81. The average Bonchev–Trinajstić information content (AvgIpc) is 2.78. The van der Waals surface area contributed by atoms with E-state index in [2.05, 4.69) is 10.1 Å². The molecule has 1 saturated carbocycles. The molecule has 0 aromatic carbocycles. The largest absolute Gasteiger partial charge is 0.455 e. The number of carbonyl (C=O) groups is 2. The number of nitrogens with one attached hydrogen (secondary N) is 1. The Hall–Kier alpha value is -1.15. The van der Waals surface area contributed by atoms with Gasteiger partial charge in [-0.2, -0.15) is 0 Å². The highest BCUT2D eigenvalue weighted by Crippen LogP contribution is 2.17. The van der Waals surface area contributed by atoms with E-state index < -0.39 is 28.4 Å². The molecule has 0 atom stereocenters. The smallest absolute Gasteiger partial charge is 0.323 e. The van der Waals surface area contributed by atoms with Crippen molar-refractivity contribution in [2.45, 2.75) is 31.7 Å². The first-order valence-electron chi connectivity index (χ1n) is 6.16. The molecule has 0 radical (unpaired) electrons. The van der Waals surface area contributed by atoms with Gasteiger partial charge >= 0.3 is 5.97 Å². The van der Waals surface area contributed by atoms with E-state index in [1.54, 1.807) is 0 Å². The number of rotatable bonds is 6. The molecule has 0 saturated heterocycles. The summed E-state index contributed by atoms with van der Waals surface area (Å²) in [5.74, 6) is -2.06. The second-order valence-corrected chi connectivity index (χ2v) is 6.93. The molecule has 1 fully saturated rings. The number of hydrogen-bond donors (Lipinski definition) is 1. The van der Waals surface area contributed by atoms with Crippen LogP contribution in [0.5, 0.6) is 0 Å². The van der Waals surface area contributed by atoms with E-state index in [4.69, 9.17) is 0 Å². The van der Waals surface area contributed by atoms with Crippen LogP contribution < -0.4 is 5.32 Å². The molecule has 8 heteroatoms. The van der Waals surface area contributed by atoms with Gasteiger partial charge in [0, 0.05) is 20.1 Å². The minimum atomic E-state index is -3.64. The van der Waals surface area contributed by atoms with Gasteiger partial charge < -0.3 is 10.1 Å². The van der Waals surface area contributed by atoms with Crippen molar-refractivity contribution in [3.05, 3.63) is 0 Å². The van der Waals surface area contributed by atoms with E-state index in [-0.39, 0.29) is 11.9 Å². The lowest BCUT2D eigenvalue weighted by atomic mass is 10.2. The number of hydrogen-bond acceptors (Lipinski definition) is 5. The van der Waals surface area contributed by atoms with Crippen LogP contribution in [0.15, 0.2) is 0 Å². The highest BCUT2D eigenvalue weighted by atomic mass is 32.2. The molecular weight excluding hydrogens is 272 g/mol. The zero-order valence-electron chi connectivity index (χ0n) is 11.2. The van der Waals surface area contributed by atoms with Gasteiger partial charge in [-0.05, 0) is 12.8 Å². The maximum atomic E-state index is 11.5. The van der Waals surface area contributed by atoms with Crippen molar-refractivity contribution in [2.24, 2.45) is 0 Å². The average molecular weight is 292 g/mol. The van der Waals surface area contributed by atoms with Gasteiger partial charge in [-0.25, -0.2) is 12.7 Å². The molecule has 110 valence electrons. The van der Waals surface area contributed by atoms with Gasteiger partial charge in [0.25, 0.3) is 5.91 Å². The van der Waals surface area contributed by atoms with Gasteiger partial charge in [0.05, 0.1) is 0 Å². The number of amides is 1. The van der Waals surface area contributed by atoms with Crippen molar-refractivity contribution >= 4 is 21.9 Å². The summed E-state index contributed by atoms with van der Waals surface area (Å²) in [6, 6.07) is 0.150. The topological polar surface area (TPSA) is 92.8 Å². The van der Waals surface area contributed by atoms with Crippen molar-refractivity contribution in [2.75, 3.05) is 26.5 Å². The molecule has 0 aromatic heterocycles. The molecule has 1 aliphatic carbocycles. The van der Waals surface area contributed by atoms with Crippen LogP contribution >= 0.6 is 0 Å². The molecule has 1 amide bonds. The minimum Gasteiger partial charge on any atom is -0.455 e. The van der Waals surface area contributed by atoms with Crippen LogP contribution in [0.3, 0.4) is 0 Å². The van der Waals surface area contributed by atoms with E-state index in [0.717, 1.165) is 30.0 Å². The molecule has 0 aromatic rings. The Kier molecular flexibility index (Phi) is 5.74. The monoisotopic (exact) mass is 292 g/mol. The predicted octanol–water partition coefficient (Wildman–Crippen LogP) is -0.520. The first kappa shape index (κ1) is 15.9. The van der Waals surface area contributed by atoms with Crippen LogP contribution in [0.25, 0.3) is 0 Å². The Morgan fingerprint density at radius 2 is 1.84 bits per heavy atom. The molecule has 1 aliphatic rings. The minimum absolute atomic E-state index is 0.150. The third kappa shape index (κ3) is 5.56. The zero-order chi connectivity index (χ0) is 14.5. The summed E-state index contributed by atoms with van der Waals surface area (Å²) in [6.07, 6.45) is 4.06. The Bertz CT molecular complexity index is 426. The molecule has 0 spiro atoms. The van der Waals surface area contributed by atoms with Gasteiger partial charge in [-0.3, -0.25) is 9.59 Å². The summed E-state index contributed by atoms with van der Waals surface area (Å²) < 4.78 is 28.4. The first-order valence-corrected chi connectivity index (χ1v) is 7.77. The van der Waals surface area contributed by atoms with Crippen LogP contribution in [0, 0.1) is 0 Å². The summed E-state index contributed by atoms with van der Waals surface area (Å²) in [4.78, 5) is 22.8. The Morgan fingerprint density at radius 1 is 1.26 bits per heavy atom. The van der Waals surface area contributed by atoms with Gasteiger partial charge in [0.1, 0.15) is 0 Å². The second kappa shape index (κ2) is 6.85. The van der Waals surface area contributed by atoms with E-state index in [0.29, 0.717) is 0 Å². The normalized spacial score (nSPS) is 16.6. The molecule has 0 bridgehead atoms. The lowest BCUT2D eigenvalue weighted by Crippen LogP contribution is -2.37. The Morgan fingerprint density at radius 3 is 2.37 bits per heavy atom. The van der Waals surface area contributed by atoms with Crippen molar-refractivity contribution in [1.82, 2.24) is 9.62 Å². The van der Waals surface area contributed by atoms with Crippen molar-refractivity contribution in [1.29, 1.82) is 0 Å². The second-order valence-electron chi connectivity index (χ2n) is 4.75. The standard InChI is InChI=1S/C11H20N2O5S/c1-13(2)19(16,17)8-11(15)18-7-10(14)12-9-5-3-4-6-9/h9H,3-8H2,1-2H3,(H,12,14). The highest BCUT2D eigenvalue weighted by molar-refractivity contribution is 7.89. The van der Waals surface area contributed by atoms with Gasteiger partial charge in [-0.15, -0.1) is 0 Å². The maximum Gasteiger partial charge on any atom is 0.323 e. The van der Waals surface area contributed by atoms with Gasteiger partial charge in [-0.1, -0.05) is 12.8 Å². The lowest BCUT2D eigenvalue weighted by Gasteiger charge is -2.13. The fourth-order valence-corrected chi connectivity index (χ4v) is 2.44. The molecule has 0 unspecified atom stereocenters. The Labute approximate surface area is 113 Å². The highest BCUT2D eigenvalue weighted by Gasteiger charge is 2.22. The van der Waals surface area contributed by atoms with Crippen LogP contribution in [-0.4, -0.2) is 57.1 Å². The molecule has 1 rings (SSSR count). The van der Waals surface area contributed by atoms with Crippen LogP contribution in [0.2, 0.25) is 0 Å². The van der Waals surface area contributed by atoms with E-state index in [1.165, 1.54) is 14.1 Å². The van der Waals surface area contributed by atoms with Crippen molar-refractivity contribution in [3.63, 3.8) is 0 Å². The Balaban J connectivity index is 2.28. The van der Waals surface area contributed by atoms with Crippen molar-refractivity contribution in [3.8, 4) is 0 Å². The number of carbonyl (C=O) groups excluding carboxylic acids is 2. The molecule has 7 nitrogen and oxygen atoms in total. The molecule has 19 heavy (non-hydrogen) atoms. The lowest BCUT2D eigenvalue weighted by molar-refractivity contribution is -0.146. The number of esters is 1. The predicted molar refractivity (Wildman–Crippen MR) is 68.8 cm³/mol. The SMILES string of the molecule is CN(C)S(=O)(=O)CC(=O)OCC(=O)NC1CCCC1. The molecular formula is C11H20N2O5S. The van der Waals surface area contributed by atoms with E-state index >= 15 is 0 Å². The number of sulfonamides is 1. The summed E-state index contributed by atoms with van der Waals surface area (Å²) in [5.41, 5.74) is 0. The maximum absolute atomic E-state index is 11.5. The summed E-state index contributed by atoms with van der Waals surface area (Å²) in [7, 11) is -0.983. The number of ether oxygens (including phenoxy) is 1. The van der Waals surface area contributed by atoms with Crippen LogP contribution in [0.1, 0.15) is 25.7 Å². The van der Waals surface area contributed by atoms with Crippen LogP contribution in [0.4, 0.5) is 0 Å². The summed E-state index contributed by atoms with van der Waals surface area (Å²) >= 11 is 0. The van der Waals surface area contributed by atoms with E-state index in [1.807, 2.05) is 0 Å². The zero-order valence-corrected chi connectivity index (χ0v) is 12.0. The van der Waals surface area contributed by atoms with Gasteiger partial charge in [0.2, 0.25) is 10.0 Å². The molecule has 0 heterocycles. The van der Waals surface area contributed by atoms with E-state index in [9.17, 15) is 18.0 Å². The fraction of sp³-hybridized carbons (Fsp3) is 0.818. The third-order valence-corrected chi connectivity index (χ3v) is 4.65. The number of nitrogens with zero attached hydrogens (tertiary/aromatic N) is 1. The summed E-state index contributed by atoms with van der Waals surface area (Å²) in [5, 5.41) is 2.74. The molecule has 0 aliphatic heterocycles. The van der Waals surface area contributed by atoms with Crippen LogP contribution in [-0.2, 0) is 24.3 Å². The van der Waals surface area contributed by atoms with Gasteiger partial charge in [0.15, 0.2) is 12.4 Å². The van der Waals surface area contributed by atoms with Crippen molar-refractivity contribution < 1.29 is 22.7 Å². The molecule has 1 N–H and O–H groups in total.